The van der Waals surface area contributed by atoms with Gasteiger partial charge in [-0.15, -0.1) is 0 Å². The number of carbonyl (C=O) groups excluding carboxylic acids is 2. The van der Waals surface area contributed by atoms with Crippen molar-refractivity contribution in [3.8, 4) is 5.75 Å². The van der Waals surface area contributed by atoms with E-state index in [2.05, 4.69) is 11.9 Å². The van der Waals surface area contributed by atoms with Crippen LogP contribution < -0.4 is 0 Å². The molecular weight excluding hydrogens is 416 g/mol. The van der Waals surface area contributed by atoms with E-state index < -0.39 is 0 Å². The van der Waals surface area contributed by atoms with Crippen molar-refractivity contribution in [3.05, 3.63) is 57.9 Å². The molecule has 0 spiro atoms. The molecule has 1 aromatic heterocycles. The third-order valence-electron chi connectivity index (χ3n) is 6.04. The Labute approximate surface area is 195 Å². The van der Waals surface area contributed by atoms with Crippen molar-refractivity contribution in [2.75, 3.05) is 13.6 Å². The lowest BCUT2D eigenvalue weighted by Crippen LogP contribution is -2.31. The standard InChI is InChI=1S/C26H34N4O3/c1-7-8-20-10-9-17-14-30(25(27)23(17)28-20)15-22(32)18-11-19(13-29(6)16(2)31)24(33)21(12-18)26(3,4)5/h9-12,27,33H,7-8,13-15H2,1-6H3. The molecule has 0 saturated heterocycles. The Kier molecular flexibility index (Phi) is 6.91. The maximum atomic E-state index is 13.3. The van der Waals surface area contributed by atoms with Gasteiger partial charge in [0, 0.05) is 55.0 Å². The van der Waals surface area contributed by atoms with Crippen molar-refractivity contribution in [2.24, 2.45) is 0 Å². The minimum atomic E-state index is -0.389. The number of nitrogens with zero attached hydrogens (tertiary/aromatic N) is 3. The van der Waals surface area contributed by atoms with Crippen LogP contribution in [0.4, 0.5) is 0 Å². The smallest absolute Gasteiger partial charge is 0.219 e. The predicted molar refractivity (Wildman–Crippen MR) is 129 cm³/mol. The molecule has 1 aliphatic heterocycles. The Bertz CT molecular complexity index is 1100. The van der Waals surface area contributed by atoms with Crippen LogP contribution in [0.2, 0.25) is 0 Å². The fourth-order valence-electron chi connectivity index (χ4n) is 4.01. The second kappa shape index (κ2) is 9.33. The lowest BCUT2D eigenvalue weighted by atomic mass is 9.83. The number of phenols is 1. The molecule has 7 heteroatoms. The minimum Gasteiger partial charge on any atom is -0.507 e. The van der Waals surface area contributed by atoms with Gasteiger partial charge in [0.1, 0.15) is 17.3 Å². The van der Waals surface area contributed by atoms with Crippen LogP contribution in [0.1, 0.15) is 79.5 Å². The third-order valence-corrected chi connectivity index (χ3v) is 6.04. The monoisotopic (exact) mass is 450 g/mol. The fourth-order valence-corrected chi connectivity index (χ4v) is 4.01. The van der Waals surface area contributed by atoms with Gasteiger partial charge in [-0.25, -0.2) is 4.98 Å². The van der Waals surface area contributed by atoms with Crippen molar-refractivity contribution >= 4 is 17.5 Å². The number of pyridine rings is 1. The number of rotatable bonds is 7. The van der Waals surface area contributed by atoms with Crippen LogP contribution in [0, 0.1) is 5.41 Å². The summed E-state index contributed by atoms with van der Waals surface area (Å²) in [5.74, 6) is 0.115. The number of aromatic nitrogens is 1. The minimum absolute atomic E-state index is 0.0502. The van der Waals surface area contributed by atoms with Crippen LogP contribution in [0.25, 0.3) is 0 Å². The zero-order chi connectivity index (χ0) is 24.5. The summed E-state index contributed by atoms with van der Waals surface area (Å²) in [5, 5.41) is 19.4. The molecule has 176 valence electrons. The molecule has 0 fully saturated rings. The molecule has 1 amide bonds. The number of benzene rings is 1. The van der Waals surface area contributed by atoms with Gasteiger partial charge >= 0.3 is 0 Å². The van der Waals surface area contributed by atoms with Gasteiger partial charge in [0.05, 0.1) is 6.54 Å². The number of aryl methyl sites for hydroxylation is 1. The number of hydrogen-bond acceptors (Lipinski definition) is 5. The fraction of sp³-hybridized carbons (Fsp3) is 0.462. The Morgan fingerprint density at radius 3 is 2.55 bits per heavy atom. The highest BCUT2D eigenvalue weighted by molar-refractivity contribution is 6.04. The molecule has 0 bridgehead atoms. The van der Waals surface area contributed by atoms with Crippen LogP contribution >= 0.6 is 0 Å². The lowest BCUT2D eigenvalue weighted by molar-refractivity contribution is -0.128. The van der Waals surface area contributed by atoms with Crippen LogP contribution in [0.3, 0.4) is 0 Å². The highest BCUT2D eigenvalue weighted by Gasteiger charge is 2.29. The molecule has 0 atom stereocenters. The van der Waals surface area contributed by atoms with Crippen LogP contribution in [0.15, 0.2) is 24.3 Å². The van der Waals surface area contributed by atoms with Gasteiger partial charge in [-0.05, 0) is 30.0 Å². The molecule has 1 aromatic carbocycles. The summed E-state index contributed by atoms with van der Waals surface area (Å²) in [6.45, 7) is 10.2. The van der Waals surface area contributed by atoms with E-state index >= 15 is 0 Å². The molecule has 2 heterocycles. The third kappa shape index (κ3) is 5.24. The number of amides is 1. The van der Waals surface area contributed by atoms with Crippen molar-refractivity contribution in [3.63, 3.8) is 0 Å². The van der Waals surface area contributed by atoms with Crippen LogP contribution in [-0.4, -0.2) is 51.0 Å². The zero-order valence-corrected chi connectivity index (χ0v) is 20.5. The molecule has 1 aliphatic rings. The first-order valence-corrected chi connectivity index (χ1v) is 11.4. The van der Waals surface area contributed by atoms with E-state index in [0.717, 1.165) is 24.1 Å². The van der Waals surface area contributed by atoms with Gasteiger partial charge in [-0.3, -0.25) is 15.0 Å². The zero-order valence-electron chi connectivity index (χ0n) is 20.5. The number of carbonyl (C=O) groups is 2. The largest absolute Gasteiger partial charge is 0.507 e. The molecule has 2 N–H and O–H groups in total. The summed E-state index contributed by atoms with van der Waals surface area (Å²) in [6, 6.07) is 7.39. The molecule has 2 aromatic rings. The first-order chi connectivity index (χ1) is 15.4. The SMILES string of the molecule is CCCc1ccc2c(n1)C(=N)N(CC(=O)c1cc(CN(C)C(C)=O)c(O)c(C(C)(C)C)c1)C2. The Morgan fingerprint density at radius 2 is 1.94 bits per heavy atom. The number of fused-ring (bicyclic) bond motifs is 1. The lowest BCUT2D eigenvalue weighted by Gasteiger charge is -2.25. The van der Waals surface area contributed by atoms with E-state index in [1.807, 2.05) is 32.9 Å². The number of Topliss-reactive ketones (excluding diaryl/α,β-unsaturated/α-hetero) is 1. The highest BCUT2D eigenvalue weighted by atomic mass is 16.3. The normalized spacial score (nSPS) is 13.3. The van der Waals surface area contributed by atoms with E-state index in [0.29, 0.717) is 28.9 Å². The molecule has 0 saturated carbocycles. The number of amidine groups is 1. The van der Waals surface area contributed by atoms with Gasteiger partial charge in [-0.2, -0.15) is 0 Å². The summed E-state index contributed by atoms with van der Waals surface area (Å²) < 4.78 is 0. The molecule has 7 nitrogen and oxygen atoms in total. The van der Waals surface area contributed by atoms with Gasteiger partial charge < -0.3 is 14.9 Å². The Morgan fingerprint density at radius 1 is 1.24 bits per heavy atom. The van der Waals surface area contributed by atoms with Crippen molar-refractivity contribution in [1.29, 1.82) is 5.41 Å². The van der Waals surface area contributed by atoms with Gasteiger partial charge in [0.2, 0.25) is 5.91 Å². The summed E-state index contributed by atoms with van der Waals surface area (Å²) in [6.07, 6.45) is 1.85. The van der Waals surface area contributed by atoms with Gasteiger partial charge in [-0.1, -0.05) is 40.2 Å². The van der Waals surface area contributed by atoms with Crippen molar-refractivity contribution in [2.45, 2.75) is 66.0 Å². The maximum absolute atomic E-state index is 13.3. The second-order valence-corrected chi connectivity index (χ2v) is 9.84. The molecule has 0 aliphatic carbocycles. The van der Waals surface area contributed by atoms with E-state index in [1.54, 1.807) is 24.1 Å². The van der Waals surface area contributed by atoms with Gasteiger partial charge in [0.25, 0.3) is 0 Å². The Hall–Kier alpha value is -3.22. The molecule has 3 rings (SSSR count). The highest BCUT2D eigenvalue weighted by Crippen LogP contribution is 2.35. The average Bonchev–Trinajstić information content (AvgIpc) is 3.03. The number of aromatic hydroxyl groups is 1. The van der Waals surface area contributed by atoms with E-state index in [1.165, 1.54) is 11.8 Å². The van der Waals surface area contributed by atoms with Gasteiger partial charge in [0.15, 0.2) is 5.78 Å². The first-order valence-electron chi connectivity index (χ1n) is 11.4. The average molecular weight is 451 g/mol. The molecular formula is C26H34N4O3. The second-order valence-electron chi connectivity index (χ2n) is 9.84. The summed E-state index contributed by atoms with van der Waals surface area (Å²) >= 11 is 0. The summed E-state index contributed by atoms with van der Waals surface area (Å²) in [4.78, 5) is 32.9. The topological polar surface area (TPSA) is 97.6 Å². The first kappa shape index (κ1) is 24.4. The molecule has 33 heavy (non-hydrogen) atoms. The molecule has 0 unspecified atom stereocenters. The van der Waals surface area contributed by atoms with E-state index in [4.69, 9.17) is 5.41 Å². The van der Waals surface area contributed by atoms with Crippen molar-refractivity contribution < 1.29 is 14.7 Å². The molecule has 0 radical (unpaired) electrons. The number of hydrogen-bond donors (Lipinski definition) is 2. The maximum Gasteiger partial charge on any atom is 0.219 e. The summed E-state index contributed by atoms with van der Waals surface area (Å²) in [5.41, 5.74) is 3.84. The quantitative estimate of drug-likeness (QED) is 0.621. The number of phenolic OH excluding ortho intramolecular Hbond substituents is 1. The number of ketones is 1. The van der Waals surface area contributed by atoms with Crippen LogP contribution in [0.5, 0.6) is 5.75 Å². The van der Waals surface area contributed by atoms with E-state index in [-0.39, 0.29) is 41.8 Å². The van der Waals surface area contributed by atoms with Crippen LogP contribution in [-0.2, 0) is 29.7 Å². The summed E-state index contributed by atoms with van der Waals surface area (Å²) in [7, 11) is 1.66. The van der Waals surface area contributed by atoms with Crippen molar-refractivity contribution in [1.82, 2.24) is 14.8 Å². The predicted octanol–water partition coefficient (Wildman–Crippen LogP) is 4.04. The van der Waals surface area contributed by atoms with E-state index in [9.17, 15) is 14.7 Å². The number of nitrogens with one attached hydrogen (secondary N) is 1. The Balaban J connectivity index is 1.89.